The number of halogens is 1. The van der Waals surface area contributed by atoms with Gasteiger partial charge in [-0.3, -0.25) is 0 Å². The Morgan fingerprint density at radius 3 is 2.27 bits per heavy atom. The van der Waals surface area contributed by atoms with Crippen molar-refractivity contribution in [3.05, 3.63) is 59.1 Å². The Hall–Kier alpha value is -1.60. The molecule has 5 nitrogen and oxygen atoms in total. The van der Waals surface area contributed by atoms with Gasteiger partial charge in [0.25, 0.3) is 0 Å². The van der Waals surface area contributed by atoms with Crippen LogP contribution in [0.2, 0.25) is 5.02 Å². The molecule has 1 aliphatic heterocycles. The zero-order chi connectivity index (χ0) is 18.6. The topological polar surface area (TPSA) is 52.7 Å². The van der Waals surface area contributed by atoms with Gasteiger partial charge in [0.1, 0.15) is 0 Å². The third kappa shape index (κ3) is 4.20. The van der Waals surface area contributed by atoms with Gasteiger partial charge in [-0.1, -0.05) is 42.8 Å². The average molecular weight is 394 g/mol. The van der Waals surface area contributed by atoms with Crippen LogP contribution >= 0.6 is 11.6 Å². The maximum absolute atomic E-state index is 12.9. The minimum Gasteiger partial charge on any atom is -0.368 e. The molecule has 0 saturated carbocycles. The van der Waals surface area contributed by atoms with Crippen molar-refractivity contribution in [1.29, 1.82) is 0 Å². The van der Waals surface area contributed by atoms with Crippen LogP contribution < -0.4 is 10.2 Å². The Labute approximate surface area is 160 Å². The highest BCUT2D eigenvalue weighted by Crippen LogP contribution is 2.27. The molecule has 1 heterocycles. The molecule has 2 aromatic rings. The third-order valence-corrected chi connectivity index (χ3v) is 6.80. The van der Waals surface area contributed by atoms with E-state index in [1.165, 1.54) is 0 Å². The van der Waals surface area contributed by atoms with E-state index in [4.69, 9.17) is 11.6 Å². The summed E-state index contributed by atoms with van der Waals surface area (Å²) in [5.74, 6) is 0. The van der Waals surface area contributed by atoms with E-state index in [0.717, 1.165) is 24.3 Å². The minimum atomic E-state index is -3.46. The van der Waals surface area contributed by atoms with Crippen molar-refractivity contribution in [3.8, 4) is 0 Å². The molecule has 0 unspecified atom stereocenters. The summed E-state index contributed by atoms with van der Waals surface area (Å²) < 4.78 is 27.3. The molecule has 1 aliphatic rings. The van der Waals surface area contributed by atoms with Crippen molar-refractivity contribution in [2.45, 2.75) is 18.4 Å². The van der Waals surface area contributed by atoms with Crippen LogP contribution in [0.1, 0.15) is 12.5 Å². The number of nitrogens with one attached hydrogen (secondary N) is 1. The fourth-order valence-electron chi connectivity index (χ4n) is 3.08. The lowest BCUT2D eigenvalue weighted by Gasteiger charge is -2.35. The zero-order valence-corrected chi connectivity index (χ0v) is 16.4. The van der Waals surface area contributed by atoms with Crippen LogP contribution in [0.5, 0.6) is 0 Å². The molecule has 3 rings (SSSR count). The average Bonchev–Trinajstić information content (AvgIpc) is 2.67. The summed E-state index contributed by atoms with van der Waals surface area (Å²) in [4.78, 5) is 2.48. The Bertz CT molecular complexity index is 832. The van der Waals surface area contributed by atoms with E-state index in [2.05, 4.69) is 10.2 Å². The van der Waals surface area contributed by atoms with E-state index >= 15 is 0 Å². The molecule has 1 saturated heterocycles. The van der Waals surface area contributed by atoms with Crippen molar-refractivity contribution in [1.82, 2.24) is 9.62 Å². The van der Waals surface area contributed by atoms with Crippen molar-refractivity contribution >= 4 is 27.3 Å². The molecular formula is C19H24ClN3O2S. The van der Waals surface area contributed by atoms with Gasteiger partial charge in [-0.05, 0) is 36.4 Å². The highest BCUT2D eigenvalue weighted by atomic mass is 35.5. The minimum absolute atomic E-state index is 0.351. The lowest BCUT2D eigenvalue weighted by molar-refractivity contribution is 0.385. The summed E-state index contributed by atoms with van der Waals surface area (Å²) in [6, 6.07) is 14.8. The van der Waals surface area contributed by atoms with Gasteiger partial charge in [-0.2, -0.15) is 4.31 Å². The van der Waals surface area contributed by atoms with Crippen molar-refractivity contribution in [2.24, 2.45) is 0 Å². The first-order chi connectivity index (χ1) is 12.5. The zero-order valence-electron chi connectivity index (χ0n) is 14.9. The molecule has 1 N–H and O–H groups in total. The maximum atomic E-state index is 12.9. The molecule has 1 fully saturated rings. The Morgan fingerprint density at radius 1 is 1.00 bits per heavy atom. The predicted molar refractivity (Wildman–Crippen MR) is 106 cm³/mol. The van der Waals surface area contributed by atoms with Crippen LogP contribution in [-0.4, -0.2) is 45.4 Å². The number of para-hydroxylation sites is 1. The summed E-state index contributed by atoms with van der Waals surface area (Å²) in [7, 11) is -3.46. The maximum Gasteiger partial charge on any atom is 0.243 e. The number of anilines is 1. The molecule has 7 heteroatoms. The van der Waals surface area contributed by atoms with Crippen molar-refractivity contribution < 1.29 is 8.42 Å². The van der Waals surface area contributed by atoms with Gasteiger partial charge in [0.05, 0.1) is 15.6 Å². The highest BCUT2D eigenvalue weighted by molar-refractivity contribution is 7.89. The first-order valence-corrected chi connectivity index (χ1v) is 10.6. The fourth-order valence-corrected chi connectivity index (χ4v) is 4.75. The molecule has 0 aliphatic carbocycles. The first kappa shape index (κ1) is 19.2. The van der Waals surface area contributed by atoms with Gasteiger partial charge in [0, 0.05) is 32.7 Å². The van der Waals surface area contributed by atoms with Crippen LogP contribution in [0, 0.1) is 0 Å². The van der Waals surface area contributed by atoms with Crippen LogP contribution in [0.25, 0.3) is 0 Å². The molecule has 0 radical (unpaired) electrons. The van der Waals surface area contributed by atoms with Crippen LogP contribution in [0.15, 0.2) is 53.4 Å². The Morgan fingerprint density at radius 2 is 1.65 bits per heavy atom. The third-order valence-electron chi connectivity index (χ3n) is 4.57. The van der Waals surface area contributed by atoms with Gasteiger partial charge >= 0.3 is 0 Å². The van der Waals surface area contributed by atoms with Gasteiger partial charge < -0.3 is 10.2 Å². The summed E-state index contributed by atoms with van der Waals surface area (Å²) in [6.45, 7) is 5.83. The van der Waals surface area contributed by atoms with E-state index < -0.39 is 10.0 Å². The summed E-state index contributed by atoms with van der Waals surface area (Å²) >= 11 is 6.25. The largest absolute Gasteiger partial charge is 0.368 e. The monoisotopic (exact) mass is 393 g/mol. The Balaban J connectivity index is 1.67. The second kappa shape index (κ2) is 8.39. The molecule has 26 heavy (non-hydrogen) atoms. The fraction of sp³-hybridized carbons (Fsp3) is 0.368. The Kier molecular flexibility index (Phi) is 6.19. The second-order valence-electron chi connectivity index (χ2n) is 6.27. The van der Waals surface area contributed by atoms with Crippen LogP contribution in [0.4, 0.5) is 5.69 Å². The van der Waals surface area contributed by atoms with E-state index in [-0.39, 0.29) is 0 Å². The van der Waals surface area contributed by atoms with E-state index in [9.17, 15) is 8.42 Å². The summed E-state index contributed by atoms with van der Waals surface area (Å²) in [5.41, 5.74) is 2.04. The number of piperazine rings is 1. The molecular weight excluding hydrogens is 370 g/mol. The van der Waals surface area contributed by atoms with E-state index in [1.54, 1.807) is 16.4 Å². The molecule has 0 amide bonds. The lowest BCUT2D eigenvalue weighted by atomic mass is 10.2. The van der Waals surface area contributed by atoms with Gasteiger partial charge in [0.2, 0.25) is 10.0 Å². The molecule has 0 spiro atoms. The first-order valence-electron chi connectivity index (χ1n) is 8.81. The summed E-state index contributed by atoms with van der Waals surface area (Å²) in [6.07, 6.45) is 0. The van der Waals surface area contributed by atoms with Gasteiger partial charge in [-0.25, -0.2) is 8.42 Å². The smallest absolute Gasteiger partial charge is 0.243 e. The highest BCUT2D eigenvalue weighted by Gasteiger charge is 2.28. The standard InChI is InChI=1S/C19H24ClN3O2S/c1-2-21-15-16-7-9-17(10-8-16)26(24,25)23-13-11-22(12-14-23)19-6-4-3-5-18(19)20/h3-10,21H,2,11-15H2,1H3. The quantitative estimate of drug-likeness (QED) is 0.819. The lowest BCUT2D eigenvalue weighted by Crippen LogP contribution is -2.48. The van der Waals surface area contributed by atoms with E-state index in [0.29, 0.717) is 36.1 Å². The molecule has 140 valence electrons. The second-order valence-corrected chi connectivity index (χ2v) is 8.61. The molecule has 2 aromatic carbocycles. The number of hydrogen-bond donors (Lipinski definition) is 1. The predicted octanol–water partition coefficient (Wildman–Crippen LogP) is 2.96. The number of hydrogen-bond acceptors (Lipinski definition) is 4. The van der Waals surface area contributed by atoms with Gasteiger partial charge in [-0.15, -0.1) is 0 Å². The van der Waals surface area contributed by atoms with Crippen LogP contribution in [0.3, 0.4) is 0 Å². The van der Waals surface area contributed by atoms with Crippen molar-refractivity contribution in [3.63, 3.8) is 0 Å². The SMILES string of the molecule is CCNCc1ccc(S(=O)(=O)N2CCN(c3ccccc3Cl)CC2)cc1. The number of nitrogens with zero attached hydrogens (tertiary/aromatic N) is 2. The molecule has 0 bridgehead atoms. The number of sulfonamides is 1. The number of benzene rings is 2. The van der Waals surface area contributed by atoms with Gasteiger partial charge in [0.15, 0.2) is 0 Å². The molecule has 0 aromatic heterocycles. The number of rotatable bonds is 6. The van der Waals surface area contributed by atoms with E-state index in [1.807, 2.05) is 43.3 Å². The van der Waals surface area contributed by atoms with Crippen LogP contribution in [-0.2, 0) is 16.6 Å². The molecule has 0 atom stereocenters. The normalized spacial score (nSPS) is 16.0. The summed E-state index contributed by atoms with van der Waals surface area (Å²) in [5, 5.41) is 3.93. The van der Waals surface area contributed by atoms with Crippen molar-refractivity contribution in [2.75, 3.05) is 37.6 Å².